The van der Waals surface area contributed by atoms with Gasteiger partial charge in [-0.1, -0.05) is 24.3 Å². The van der Waals surface area contributed by atoms with E-state index < -0.39 is 6.10 Å². The van der Waals surface area contributed by atoms with E-state index in [4.69, 9.17) is 18.9 Å². The summed E-state index contributed by atoms with van der Waals surface area (Å²) in [5.74, 6) is 1.33. The summed E-state index contributed by atoms with van der Waals surface area (Å²) in [5, 5.41) is 0. The topological polar surface area (TPSA) is 66.9 Å². The number of carbonyl (C=O) groups is 1. The molecule has 6 rings (SSSR count). The minimum atomic E-state index is -0.402. The van der Waals surface area contributed by atoms with E-state index in [2.05, 4.69) is 31.0 Å². The maximum Gasteiger partial charge on any atom is 0.306 e. The fraction of sp³-hybridized carbons (Fsp3) is 0.294. The number of esters is 1. The van der Waals surface area contributed by atoms with E-state index >= 15 is 4.39 Å². The number of methoxy groups -OCH3 is 2. The van der Waals surface area contributed by atoms with Crippen LogP contribution in [0.4, 0.5) is 4.39 Å². The van der Waals surface area contributed by atoms with Gasteiger partial charge in [0.15, 0.2) is 0 Å². The van der Waals surface area contributed by atoms with E-state index in [-0.39, 0.29) is 24.1 Å². The van der Waals surface area contributed by atoms with Crippen LogP contribution in [0.1, 0.15) is 52.7 Å². The molecular weight excluding hydrogens is 521 g/mol. The number of aromatic nitrogens is 1. The molecule has 4 aromatic rings. The number of fused-ring (bicyclic) bond motifs is 2. The zero-order valence-electron chi connectivity index (χ0n) is 23.6. The number of aryl methyl sites for hydroxylation is 2. The molecule has 41 heavy (non-hydrogen) atoms. The molecule has 0 amide bonds. The molecular formula is C34H32FNO5. The van der Waals surface area contributed by atoms with Crippen molar-refractivity contribution in [3.8, 4) is 39.6 Å². The van der Waals surface area contributed by atoms with Gasteiger partial charge in [0, 0.05) is 40.9 Å². The van der Waals surface area contributed by atoms with Gasteiger partial charge in [0.1, 0.15) is 23.4 Å². The Morgan fingerprint density at radius 3 is 2.54 bits per heavy atom. The van der Waals surface area contributed by atoms with Crippen molar-refractivity contribution < 1.29 is 28.1 Å². The molecule has 3 aromatic carbocycles. The molecule has 1 aromatic heterocycles. The van der Waals surface area contributed by atoms with E-state index in [1.54, 1.807) is 13.2 Å². The molecule has 2 heterocycles. The van der Waals surface area contributed by atoms with Gasteiger partial charge in [-0.3, -0.25) is 4.79 Å². The number of rotatable bonds is 7. The molecule has 0 N–H and O–H groups in total. The summed E-state index contributed by atoms with van der Waals surface area (Å²) in [6.07, 6.45) is 3.08. The Morgan fingerprint density at radius 2 is 1.83 bits per heavy atom. The van der Waals surface area contributed by atoms with Crippen LogP contribution >= 0.6 is 0 Å². The van der Waals surface area contributed by atoms with Crippen molar-refractivity contribution in [2.24, 2.45) is 0 Å². The summed E-state index contributed by atoms with van der Waals surface area (Å²) in [7, 11) is 2.99. The highest BCUT2D eigenvalue weighted by atomic mass is 19.1. The SMILES string of the molecule is COC(=O)CC1COc2cc(O[C@@H]3CCc4c(-c5c(C)cc(-c6ccc(OC)nc6)cc5C)ccc(F)c43)ccc21. The highest BCUT2D eigenvalue weighted by molar-refractivity contribution is 5.79. The second-order valence-electron chi connectivity index (χ2n) is 10.7. The smallest absolute Gasteiger partial charge is 0.306 e. The van der Waals surface area contributed by atoms with Gasteiger partial charge in [-0.05, 0) is 78.3 Å². The lowest BCUT2D eigenvalue weighted by atomic mass is 9.88. The first kappa shape index (κ1) is 26.8. The number of hydrogen-bond donors (Lipinski definition) is 0. The van der Waals surface area contributed by atoms with E-state index in [9.17, 15) is 4.79 Å². The predicted octanol–water partition coefficient (Wildman–Crippen LogP) is 7.29. The highest BCUT2D eigenvalue weighted by Crippen LogP contribution is 2.45. The lowest BCUT2D eigenvalue weighted by Gasteiger charge is -2.19. The molecule has 6 nitrogen and oxygen atoms in total. The summed E-state index contributed by atoms with van der Waals surface area (Å²) in [4.78, 5) is 16.1. The normalized spacial score (nSPS) is 17.0. The first-order valence-electron chi connectivity index (χ1n) is 13.8. The molecule has 210 valence electrons. The Bertz CT molecular complexity index is 1610. The van der Waals surface area contributed by atoms with Crippen LogP contribution in [0.15, 0.2) is 60.8 Å². The highest BCUT2D eigenvalue weighted by Gasteiger charge is 2.32. The molecule has 0 bridgehead atoms. The fourth-order valence-corrected chi connectivity index (χ4v) is 6.20. The molecule has 1 aliphatic carbocycles. The first-order valence-corrected chi connectivity index (χ1v) is 13.8. The van der Waals surface area contributed by atoms with Crippen LogP contribution in [0.3, 0.4) is 0 Å². The van der Waals surface area contributed by atoms with Crippen LogP contribution in [0.5, 0.6) is 17.4 Å². The van der Waals surface area contributed by atoms with Crippen LogP contribution in [0.25, 0.3) is 22.3 Å². The lowest BCUT2D eigenvalue weighted by molar-refractivity contribution is -0.141. The third kappa shape index (κ3) is 5.01. The Hall–Kier alpha value is -4.39. The minimum Gasteiger partial charge on any atom is -0.492 e. The Balaban J connectivity index is 1.28. The van der Waals surface area contributed by atoms with E-state index in [1.165, 1.54) is 7.11 Å². The van der Waals surface area contributed by atoms with Gasteiger partial charge in [0.25, 0.3) is 0 Å². The largest absolute Gasteiger partial charge is 0.492 e. The summed E-state index contributed by atoms with van der Waals surface area (Å²) in [5.41, 5.74) is 9.06. The number of pyridine rings is 1. The molecule has 0 spiro atoms. The van der Waals surface area contributed by atoms with Crippen LogP contribution in [0, 0.1) is 19.7 Å². The third-order valence-electron chi connectivity index (χ3n) is 8.15. The maximum absolute atomic E-state index is 15.3. The number of halogens is 1. The average molecular weight is 554 g/mol. The first-order chi connectivity index (χ1) is 19.9. The standard InChI is InChI=1S/C34H32FNO5/c1-19-13-22(21-5-12-31(38-3)36-17-21)14-20(2)33(19)26-8-10-28(35)34-27(26)9-11-29(34)41-24-6-7-25-23(15-32(37)39-4)18-40-30(25)16-24/h5-8,10,12-14,16-17,23,29H,9,11,15,18H2,1-4H3/t23?,29-/m1/s1. The molecule has 0 radical (unpaired) electrons. The number of ether oxygens (including phenoxy) is 4. The molecule has 0 saturated carbocycles. The van der Waals surface area contributed by atoms with Gasteiger partial charge in [-0.2, -0.15) is 0 Å². The number of benzene rings is 3. The molecule has 1 unspecified atom stereocenters. The van der Waals surface area contributed by atoms with Crippen LogP contribution in [-0.2, 0) is 16.0 Å². The lowest BCUT2D eigenvalue weighted by Crippen LogP contribution is -2.09. The number of hydrogen-bond acceptors (Lipinski definition) is 6. The Morgan fingerprint density at radius 1 is 1.02 bits per heavy atom. The van der Waals surface area contributed by atoms with E-state index in [1.807, 2.05) is 42.6 Å². The van der Waals surface area contributed by atoms with Crippen molar-refractivity contribution >= 4 is 5.97 Å². The summed E-state index contributed by atoms with van der Waals surface area (Å²) >= 11 is 0. The zero-order chi connectivity index (χ0) is 28.7. The zero-order valence-corrected chi connectivity index (χ0v) is 23.6. The second-order valence-corrected chi connectivity index (χ2v) is 10.7. The Labute approximate surface area is 239 Å². The second kappa shape index (κ2) is 10.9. The molecule has 1 aliphatic heterocycles. The molecule has 2 aliphatic rings. The monoisotopic (exact) mass is 553 g/mol. The maximum atomic E-state index is 15.3. The minimum absolute atomic E-state index is 0.0439. The van der Waals surface area contributed by atoms with Crippen LogP contribution in [-0.4, -0.2) is 31.8 Å². The van der Waals surface area contributed by atoms with Gasteiger partial charge in [0.2, 0.25) is 5.88 Å². The predicted molar refractivity (Wildman–Crippen MR) is 154 cm³/mol. The molecule has 0 saturated heterocycles. The average Bonchev–Trinajstić information content (AvgIpc) is 3.58. The fourth-order valence-electron chi connectivity index (χ4n) is 6.20. The van der Waals surface area contributed by atoms with Crippen molar-refractivity contribution in [2.75, 3.05) is 20.8 Å². The van der Waals surface area contributed by atoms with Crippen molar-refractivity contribution in [1.82, 2.24) is 4.98 Å². The van der Waals surface area contributed by atoms with Gasteiger partial charge < -0.3 is 18.9 Å². The number of carbonyl (C=O) groups excluding carboxylic acids is 1. The van der Waals surface area contributed by atoms with E-state index in [0.717, 1.165) is 50.9 Å². The number of nitrogens with zero attached hydrogens (tertiary/aromatic N) is 1. The summed E-state index contributed by atoms with van der Waals surface area (Å²) in [6.45, 7) is 4.61. The van der Waals surface area contributed by atoms with E-state index in [0.29, 0.717) is 36.0 Å². The van der Waals surface area contributed by atoms with Gasteiger partial charge in [-0.25, -0.2) is 9.37 Å². The van der Waals surface area contributed by atoms with Crippen molar-refractivity contribution in [3.63, 3.8) is 0 Å². The van der Waals surface area contributed by atoms with Crippen molar-refractivity contribution in [2.45, 2.75) is 45.1 Å². The molecule has 0 fully saturated rings. The van der Waals surface area contributed by atoms with Crippen LogP contribution in [0.2, 0.25) is 0 Å². The van der Waals surface area contributed by atoms with Crippen LogP contribution < -0.4 is 14.2 Å². The quantitative estimate of drug-likeness (QED) is 0.224. The van der Waals surface area contributed by atoms with Crippen molar-refractivity contribution in [1.29, 1.82) is 0 Å². The van der Waals surface area contributed by atoms with Gasteiger partial charge in [-0.15, -0.1) is 0 Å². The van der Waals surface area contributed by atoms with Crippen molar-refractivity contribution in [3.05, 3.63) is 94.4 Å². The summed E-state index contributed by atoms with van der Waals surface area (Å²) in [6, 6.07) is 17.3. The Kier molecular flexibility index (Phi) is 7.12. The third-order valence-corrected chi connectivity index (χ3v) is 8.15. The summed E-state index contributed by atoms with van der Waals surface area (Å²) < 4.78 is 37.6. The van der Waals surface area contributed by atoms with Gasteiger partial charge in [0.05, 0.1) is 27.2 Å². The van der Waals surface area contributed by atoms with Gasteiger partial charge >= 0.3 is 5.97 Å². The molecule has 7 heteroatoms. The molecule has 2 atom stereocenters.